The number of hydrogen-bond acceptors (Lipinski definition) is 6. The number of aryl methyl sites for hydroxylation is 1. The third-order valence-corrected chi connectivity index (χ3v) is 6.62. The molecule has 3 rings (SSSR count). The fourth-order valence-corrected chi connectivity index (χ4v) is 3.96. The van der Waals surface area contributed by atoms with Gasteiger partial charge in [-0.3, -0.25) is 4.79 Å². The number of nitrogens with zero attached hydrogens (tertiary/aromatic N) is 4. The molecular formula is C25H29N5O2S. The number of thioether (sulfide) groups is 1. The van der Waals surface area contributed by atoms with Crippen LogP contribution in [-0.2, 0) is 17.8 Å². The summed E-state index contributed by atoms with van der Waals surface area (Å²) in [5.74, 6) is 1.44. The number of methoxy groups -OCH3 is 1. The number of nitrogens with one attached hydrogen (secondary N) is 1. The SMILES string of the molecule is COc1ccc(-c2nnc(SCC(=O)NC(C)(C#N)C(C)C)n2CCc2ccccc2)cc1. The van der Waals surface area contributed by atoms with E-state index in [1.54, 1.807) is 14.0 Å². The third-order valence-electron chi connectivity index (χ3n) is 5.65. The average molecular weight is 464 g/mol. The minimum Gasteiger partial charge on any atom is -0.497 e. The molecule has 0 aliphatic rings. The molecule has 1 unspecified atom stereocenters. The van der Waals surface area contributed by atoms with Crippen LogP contribution in [0.4, 0.5) is 0 Å². The Bertz CT molecular complexity index is 1110. The van der Waals surface area contributed by atoms with Crippen LogP contribution in [0.25, 0.3) is 11.4 Å². The van der Waals surface area contributed by atoms with Crippen LogP contribution in [0.2, 0.25) is 0 Å². The van der Waals surface area contributed by atoms with Crippen molar-refractivity contribution in [3.63, 3.8) is 0 Å². The van der Waals surface area contributed by atoms with E-state index in [9.17, 15) is 10.1 Å². The van der Waals surface area contributed by atoms with Crippen molar-refractivity contribution < 1.29 is 9.53 Å². The second-order valence-electron chi connectivity index (χ2n) is 8.23. The van der Waals surface area contributed by atoms with E-state index < -0.39 is 5.54 Å². The molecule has 0 saturated carbocycles. The van der Waals surface area contributed by atoms with Gasteiger partial charge < -0.3 is 14.6 Å². The summed E-state index contributed by atoms with van der Waals surface area (Å²) in [4.78, 5) is 12.6. The first kappa shape index (κ1) is 24.3. The third kappa shape index (κ3) is 6.14. The molecule has 0 spiro atoms. The highest BCUT2D eigenvalue weighted by atomic mass is 32.2. The summed E-state index contributed by atoms with van der Waals surface area (Å²) in [6.07, 6.45) is 0.807. The fourth-order valence-electron chi connectivity index (χ4n) is 3.19. The van der Waals surface area contributed by atoms with Crippen molar-refractivity contribution in [3.8, 4) is 23.2 Å². The zero-order chi connectivity index (χ0) is 23.8. The highest BCUT2D eigenvalue weighted by Gasteiger charge is 2.30. The van der Waals surface area contributed by atoms with Crippen LogP contribution >= 0.6 is 11.8 Å². The summed E-state index contributed by atoms with van der Waals surface area (Å²) < 4.78 is 7.30. The van der Waals surface area contributed by atoms with Gasteiger partial charge in [-0.05, 0) is 49.1 Å². The molecule has 0 aliphatic heterocycles. The average Bonchev–Trinajstić information content (AvgIpc) is 3.24. The molecule has 0 radical (unpaired) electrons. The van der Waals surface area contributed by atoms with Crippen molar-refractivity contribution in [3.05, 3.63) is 60.2 Å². The number of hydrogen-bond donors (Lipinski definition) is 1. The number of benzene rings is 2. The lowest BCUT2D eigenvalue weighted by molar-refractivity contribution is -0.120. The lowest BCUT2D eigenvalue weighted by Gasteiger charge is -2.27. The lowest BCUT2D eigenvalue weighted by Crippen LogP contribution is -2.49. The van der Waals surface area contributed by atoms with Gasteiger partial charge in [0.15, 0.2) is 11.0 Å². The van der Waals surface area contributed by atoms with Crippen molar-refractivity contribution in [1.82, 2.24) is 20.1 Å². The number of carbonyl (C=O) groups excluding carboxylic acids is 1. The molecule has 1 atom stereocenters. The topological polar surface area (TPSA) is 92.8 Å². The molecule has 1 N–H and O–H groups in total. The Morgan fingerprint density at radius 1 is 1.18 bits per heavy atom. The number of amides is 1. The van der Waals surface area contributed by atoms with Gasteiger partial charge in [-0.25, -0.2) is 0 Å². The second-order valence-corrected chi connectivity index (χ2v) is 9.17. The zero-order valence-corrected chi connectivity index (χ0v) is 20.2. The molecule has 1 aromatic heterocycles. The number of nitriles is 1. The number of rotatable bonds is 10. The van der Waals surface area contributed by atoms with E-state index in [0.717, 1.165) is 23.6 Å². The van der Waals surface area contributed by atoms with Crippen molar-refractivity contribution in [1.29, 1.82) is 5.26 Å². The van der Waals surface area contributed by atoms with E-state index in [-0.39, 0.29) is 17.6 Å². The number of aromatic nitrogens is 3. The predicted molar refractivity (Wildman–Crippen MR) is 130 cm³/mol. The van der Waals surface area contributed by atoms with E-state index in [0.29, 0.717) is 11.7 Å². The standard InChI is InChI=1S/C25H29N5O2S/c1-18(2)25(3,17-26)27-22(31)16-33-24-29-28-23(20-10-12-21(32-4)13-11-20)30(24)15-14-19-8-6-5-7-9-19/h5-13,18H,14-16H2,1-4H3,(H,27,31). The molecule has 172 valence electrons. The van der Waals surface area contributed by atoms with E-state index in [2.05, 4.69) is 33.7 Å². The second kappa shape index (κ2) is 11.0. The van der Waals surface area contributed by atoms with Crippen LogP contribution in [0, 0.1) is 17.2 Å². The molecule has 1 amide bonds. The first-order chi connectivity index (χ1) is 15.9. The van der Waals surface area contributed by atoms with Gasteiger partial charge in [-0.2, -0.15) is 5.26 Å². The first-order valence-electron chi connectivity index (χ1n) is 10.8. The van der Waals surface area contributed by atoms with Gasteiger partial charge in [-0.15, -0.1) is 10.2 Å². The van der Waals surface area contributed by atoms with E-state index in [4.69, 9.17) is 4.74 Å². The maximum atomic E-state index is 12.6. The molecule has 0 aliphatic carbocycles. The van der Waals surface area contributed by atoms with Crippen LogP contribution in [0.5, 0.6) is 5.75 Å². The highest BCUT2D eigenvalue weighted by molar-refractivity contribution is 7.99. The first-order valence-corrected chi connectivity index (χ1v) is 11.8. The largest absolute Gasteiger partial charge is 0.497 e. The molecule has 3 aromatic rings. The Kier molecular flexibility index (Phi) is 8.12. The Morgan fingerprint density at radius 3 is 2.48 bits per heavy atom. The summed E-state index contributed by atoms with van der Waals surface area (Å²) in [5, 5.41) is 21.8. The summed E-state index contributed by atoms with van der Waals surface area (Å²) in [6.45, 7) is 6.24. The summed E-state index contributed by atoms with van der Waals surface area (Å²) in [5.41, 5.74) is 1.22. The van der Waals surface area contributed by atoms with Crippen molar-refractivity contribution in [2.45, 2.75) is 44.4 Å². The van der Waals surface area contributed by atoms with Gasteiger partial charge >= 0.3 is 0 Å². The van der Waals surface area contributed by atoms with Crippen LogP contribution in [0.1, 0.15) is 26.3 Å². The zero-order valence-electron chi connectivity index (χ0n) is 19.4. The molecule has 33 heavy (non-hydrogen) atoms. The van der Waals surface area contributed by atoms with E-state index >= 15 is 0 Å². The monoisotopic (exact) mass is 463 g/mol. The molecule has 0 bridgehead atoms. The summed E-state index contributed by atoms with van der Waals surface area (Å²) in [7, 11) is 1.63. The minimum atomic E-state index is -0.910. The smallest absolute Gasteiger partial charge is 0.231 e. The van der Waals surface area contributed by atoms with Gasteiger partial charge in [0, 0.05) is 12.1 Å². The molecule has 7 nitrogen and oxygen atoms in total. The molecule has 0 fully saturated rings. The Labute approximate surface area is 199 Å². The van der Waals surface area contributed by atoms with Gasteiger partial charge in [0.2, 0.25) is 5.91 Å². The van der Waals surface area contributed by atoms with E-state index in [1.165, 1.54) is 17.3 Å². The highest BCUT2D eigenvalue weighted by Crippen LogP contribution is 2.26. The van der Waals surface area contributed by atoms with Gasteiger partial charge in [0.25, 0.3) is 0 Å². The molecule has 2 aromatic carbocycles. The Balaban J connectivity index is 1.80. The lowest BCUT2D eigenvalue weighted by atomic mass is 9.90. The maximum absolute atomic E-state index is 12.6. The Hall–Kier alpha value is -3.31. The summed E-state index contributed by atoms with van der Waals surface area (Å²) >= 11 is 1.32. The molecule has 0 saturated heterocycles. The number of ether oxygens (including phenoxy) is 1. The summed E-state index contributed by atoms with van der Waals surface area (Å²) in [6, 6.07) is 20.1. The minimum absolute atomic E-state index is 0.00681. The molecule has 1 heterocycles. The van der Waals surface area contributed by atoms with Gasteiger partial charge in [0.1, 0.15) is 11.3 Å². The van der Waals surface area contributed by atoms with Crippen LogP contribution < -0.4 is 10.1 Å². The molecule has 8 heteroatoms. The Morgan fingerprint density at radius 2 is 1.88 bits per heavy atom. The molecular weight excluding hydrogens is 434 g/mol. The predicted octanol–water partition coefficient (Wildman–Crippen LogP) is 4.34. The van der Waals surface area contributed by atoms with Gasteiger partial charge in [-0.1, -0.05) is 55.9 Å². The van der Waals surface area contributed by atoms with Gasteiger partial charge in [0.05, 0.1) is 18.9 Å². The van der Waals surface area contributed by atoms with E-state index in [1.807, 2.05) is 60.9 Å². The van der Waals surface area contributed by atoms with Crippen LogP contribution in [0.3, 0.4) is 0 Å². The quantitative estimate of drug-likeness (QED) is 0.450. The normalized spacial score (nSPS) is 12.7. The number of carbonyl (C=O) groups is 1. The van der Waals surface area contributed by atoms with Crippen LogP contribution in [0.15, 0.2) is 59.8 Å². The van der Waals surface area contributed by atoms with Crippen molar-refractivity contribution >= 4 is 17.7 Å². The van der Waals surface area contributed by atoms with Crippen molar-refractivity contribution in [2.75, 3.05) is 12.9 Å². The maximum Gasteiger partial charge on any atom is 0.231 e. The van der Waals surface area contributed by atoms with Crippen molar-refractivity contribution in [2.24, 2.45) is 5.92 Å². The van der Waals surface area contributed by atoms with Crippen LogP contribution in [-0.4, -0.2) is 39.1 Å². The fraction of sp³-hybridized carbons (Fsp3) is 0.360.